The van der Waals surface area contributed by atoms with E-state index in [1.807, 2.05) is 4.90 Å². The van der Waals surface area contributed by atoms with Crippen LogP contribution in [0, 0.1) is 5.92 Å². The first-order valence-corrected chi connectivity index (χ1v) is 8.02. The number of hydrogen-bond donors (Lipinski definition) is 4. The molecule has 0 spiro atoms. The predicted molar refractivity (Wildman–Crippen MR) is 82.1 cm³/mol. The topological polar surface area (TPSA) is 84.2 Å². The minimum Gasteiger partial charge on any atom is -0.395 e. The summed E-state index contributed by atoms with van der Waals surface area (Å²) in [5.74, 6) is 0.821. The lowest BCUT2D eigenvalue weighted by Crippen LogP contribution is -2.62. The normalized spacial score (nSPS) is 35.4. The molecule has 1 heterocycles. The molecule has 4 unspecified atom stereocenters. The van der Waals surface area contributed by atoms with E-state index >= 15 is 0 Å². The third-order valence-electron chi connectivity index (χ3n) is 5.00. The Labute approximate surface area is 133 Å². The Hall–Kier alpha value is 0.0900. The highest BCUT2D eigenvalue weighted by atomic mass is 35.5. The van der Waals surface area contributed by atoms with E-state index in [-0.39, 0.29) is 19.0 Å². The summed E-state index contributed by atoms with van der Waals surface area (Å²) in [7, 11) is 0. The van der Waals surface area contributed by atoms with Crippen LogP contribution in [0.3, 0.4) is 0 Å². The summed E-state index contributed by atoms with van der Waals surface area (Å²) in [4.78, 5) is 1.92. The van der Waals surface area contributed by atoms with Crippen LogP contribution in [0.25, 0.3) is 0 Å². The molecular formula is C15H29ClNO4. The van der Waals surface area contributed by atoms with Crippen LogP contribution in [0.2, 0.25) is 0 Å². The minimum absolute atomic E-state index is 0. The Balaban J connectivity index is 0.00000220. The van der Waals surface area contributed by atoms with E-state index in [9.17, 15) is 20.4 Å². The van der Waals surface area contributed by atoms with Crippen molar-refractivity contribution in [2.45, 2.75) is 69.3 Å². The number of rotatable bonds is 5. The van der Waals surface area contributed by atoms with Crippen molar-refractivity contribution in [3.63, 3.8) is 0 Å². The van der Waals surface area contributed by atoms with Gasteiger partial charge in [-0.2, -0.15) is 0 Å². The fourth-order valence-electron chi connectivity index (χ4n) is 3.69. The van der Waals surface area contributed by atoms with E-state index in [1.165, 1.54) is 38.5 Å². The van der Waals surface area contributed by atoms with Crippen LogP contribution in [0.15, 0.2) is 0 Å². The Morgan fingerprint density at radius 3 is 2.24 bits per heavy atom. The molecule has 0 aromatic rings. The summed E-state index contributed by atoms with van der Waals surface area (Å²) in [5.41, 5.74) is 0. The zero-order valence-electron chi connectivity index (χ0n) is 12.6. The van der Waals surface area contributed by atoms with E-state index < -0.39 is 24.4 Å². The summed E-state index contributed by atoms with van der Waals surface area (Å²) in [6, 6.07) is -0.459. The second-order valence-corrected chi connectivity index (χ2v) is 6.44. The minimum atomic E-state index is -1.15. The first-order valence-electron chi connectivity index (χ1n) is 8.02. The summed E-state index contributed by atoms with van der Waals surface area (Å²) < 4.78 is 0. The molecule has 4 N–H and O–H groups in total. The monoisotopic (exact) mass is 322 g/mol. The lowest BCUT2D eigenvalue weighted by molar-refractivity contribution is -0.145. The largest absolute Gasteiger partial charge is 0.395 e. The lowest BCUT2D eigenvalue weighted by Gasteiger charge is -2.43. The first-order chi connectivity index (χ1) is 9.63. The number of hydrogen-bond acceptors (Lipinski definition) is 5. The van der Waals surface area contributed by atoms with Crippen molar-refractivity contribution >= 4 is 12.4 Å². The van der Waals surface area contributed by atoms with Gasteiger partial charge in [0.15, 0.2) is 0 Å². The van der Waals surface area contributed by atoms with Gasteiger partial charge in [-0.3, -0.25) is 4.90 Å². The van der Waals surface area contributed by atoms with E-state index in [4.69, 9.17) is 0 Å². The highest BCUT2D eigenvalue weighted by Gasteiger charge is 2.40. The zero-order chi connectivity index (χ0) is 14.5. The Morgan fingerprint density at radius 2 is 1.62 bits per heavy atom. The number of nitrogens with zero attached hydrogens (tertiary/aromatic N) is 1. The number of β-amino-alcohol motifs (C(OH)–C–C–N with tert-alkyl or cyclic N) is 1. The van der Waals surface area contributed by atoms with Crippen LogP contribution in [0.1, 0.15) is 44.9 Å². The zero-order valence-corrected chi connectivity index (χ0v) is 13.3. The fourth-order valence-corrected chi connectivity index (χ4v) is 3.69. The first kappa shape index (κ1) is 19.1. The van der Waals surface area contributed by atoms with Crippen LogP contribution in [0.5, 0.6) is 0 Å². The van der Waals surface area contributed by atoms with Crippen molar-refractivity contribution in [1.29, 1.82) is 0 Å². The highest BCUT2D eigenvalue weighted by Crippen LogP contribution is 2.28. The number of halogens is 1. The summed E-state index contributed by atoms with van der Waals surface area (Å²) >= 11 is 0. The van der Waals surface area contributed by atoms with Gasteiger partial charge in [-0.15, -0.1) is 0 Å². The average Bonchev–Trinajstić information content (AvgIpc) is 2.46. The molecule has 6 heteroatoms. The maximum atomic E-state index is 9.91. The summed E-state index contributed by atoms with van der Waals surface area (Å²) in [5, 5.41) is 38.7. The Morgan fingerprint density at radius 1 is 0.952 bits per heavy atom. The van der Waals surface area contributed by atoms with E-state index in [0.29, 0.717) is 6.54 Å². The molecule has 125 valence electrons. The van der Waals surface area contributed by atoms with Gasteiger partial charge in [0.2, 0.25) is 0 Å². The van der Waals surface area contributed by atoms with Crippen LogP contribution in [-0.4, -0.2) is 69.4 Å². The van der Waals surface area contributed by atoms with Crippen molar-refractivity contribution in [3.8, 4) is 0 Å². The summed E-state index contributed by atoms with van der Waals surface area (Å²) in [6.07, 6.45) is 5.77. The molecule has 0 bridgehead atoms. The number of aliphatic hydroxyl groups is 4. The van der Waals surface area contributed by atoms with Gasteiger partial charge in [-0.1, -0.05) is 32.1 Å². The molecule has 1 saturated heterocycles. The van der Waals surface area contributed by atoms with Gasteiger partial charge in [0.25, 0.3) is 0 Å². The molecule has 1 radical (unpaired) electrons. The number of likely N-dealkylation sites (tertiary alicyclic amines) is 1. The van der Waals surface area contributed by atoms with E-state index in [2.05, 4.69) is 0 Å². The highest BCUT2D eigenvalue weighted by molar-refractivity contribution is 5.85. The van der Waals surface area contributed by atoms with Gasteiger partial charge in [0.05, 0.1) is 18.8 Å². The molecule has 21 heavy (non-hydrogen) atoms. The third kappa shape index (κ3) is 5.05. The van der Waals surface area contributed by atoms with Crippen molar-refractivity contribution in [3.05, 3.63) is 0 Å². The molecule has 0 amide bonds. The molecule has 2 fully saturated rings. The maximum absolute atomic E-state index is 9.91. The van der Waals surface area contributed by atoms with Crippen LogP contribution >= 0.6 is 12.4 Å². The maximum Gasteiger partial charge on any atom is 0.109 e. The SMILES string of the molecule is OCC1C(O)C(O)C(O)CN1CCCC1CCCCC1.[Cl]. The molecule has 0 aromatic heterocycles. The average molecular weight is 323 g/mol. The Bertz CT molecular complexity index is 289. The van der Waals surface area contributed by atoms with Gasteiger partial charge in [0, 0.05) is 19.0 Å². The predicted octanol–water partition coefficient (Wildman–Crippen LogP) is 0.796. The smallest absolute Gasteiger partial charge is 0.109 e. The summed E-state index contributed by atoms with van der Waals surface area (Å²) in [6.45, 7) is 0.908. The molecule has 0 aromatic carbocycles. The molecule has 1 aliphatic carbocycles. The van der Waals surface area contributed by atoms with E-state index in [0.717, 1.165) is 18.9 Å². The van der Waals surface area contributed by atoms with Crippen molar-refractivity contribution in [2.75, 3.05) is 19.7 Å². The van der Waals surface area contributed by atoms with Gasteiger partial charge in [-0.25, -0.2) is 0 Å². The molecular weight excluding hydrogens is 294 g/mol. The van der Waals surface area contributed by atoms with Crippen molar-refractivity contribution in [2.24, 2.45) is 5.92 Å². The molecule has 2 rings (SSSR count). The van der Waals surface area contributed by atoms with Gasteiger partial charge >= 0.3 is 0 Å². The molecule has 2 aliphatic rings. The second-order valence-electron chi connectivity index (χ2n) is 6.44. The van der Waals surface area contributed by atoms with Crippen LogP contribution < -0.4 is 0 Å². The van der Waals surface area contributed by atoms with Crippen molar-refractivity contribution < 1.29 is 20.4 Å². The van der Waals surface area contributed by atoms with Crippen molar-refractivity contribution in [1.82, 2.24) is 4.90 Å². The molecule has 1 saturated carbocycles. The van der Waals surface area contributed by atoms with E-state index in [1.54, 1.807) is 0 Å². The second kappa shape index (κ2) is 9.28. The molecule has 5 nitrogen and oxygen atoms in total. The third-order valence-corrected chi connectivity index (χ3v) is 5.00. The van der Waals surface area contributed by atoms with Gasteiger partial charge in [-0.05, 0) is 25.3 Å². The van der Waals surface area contributed by atoms with Gasteiger partial charge < -0.3 is 20.4 Å². The standard InChI is InChI=1S/C15H29NO4.Cl/c17-10-12-14(19)15(20)13(18)9-16(12)8-4-7-11-5-2-1-3-6-11;/h11-15,17-20H,1-10H2;. The van der Waals surface area contributed by atoms with Crippen LogP contribution in [-0.2, 0) is 0 Å². The molecule has 4 atom stereocenters. The lowest BCUT2D eigenvalue weighted by atomic mass is 9.86. The number of aliphatic hydroxyl groups excluding tert-OH is 4. The van der Waals surface area contributed by atoms with Crippen LogP contribution in [0.4, 0.5) is 0 Å². The van der Waals surface area contributed by atoms with Gasteiger partial charge in [0.1, 0.15) is 12.2 Å². The number of piperidine rings is 1. The molecule has 1 aliphatic heterocycles. The Kier molecular flexibility index (Phi) is 8.46. The quantitative estimate of drug-likeness (QED) is 0.601. The fraction of sp³-hybridized carbons (Fsp3) is 1.00.